The van der Waals surface area contributed by atoms with Gasteiger partial charge in [0.1, 0.15) is 17.6 Å². The smallest absolute Gasteiger partial charge is 0.373 e. The van der Waals surface area contributed by atoms with Crippen molar-refractivity contribution in [2.24, 2.45) is 10.7 Å². The number of nitrogens with one attached hydrogen (secondary N) is 2. The molecule has 3 rings (SSSR count). The number of aliphatic imine (C=N–C) groups is 1. The molecule has 0 radical (unpaired) electrons. The quantitative estimate of drug-likeness (QED) is 0.666. The lowest BCUT2D eigenvalue weighted by Crippen LogP contribution is -2.52. The number of nitrogens with two attached hydrogens (primary N) is 1. The van der Waals surface area contributed by atoms with Gasteiger partial charge in [-0.25, -0.2) is 9.38 Å². The van der Waals surface area contributed by atoms with Crippen molar-refractivity contribution in [2.45, 2.75) is 43.9 Å². The molecule has 1 unspecified atom stereocenters. The molecule has 156 valence electrons. The first-order chi connectivity index (χ1) is 13.2. The van der Waals surface area contributed by atoms with Crippen LogP contribution >= 0.6 is 0 Å². The predicted octanol–water partition coefficient (Wildman–Crippen LogP) is 1.61. The van der Waals surface area contributed by atoms with E-state index in [4.69, 9.17) is 5.73 Å². The van der Waals surface area contributed by atoms with Crippen molar-refractivity contribution < 1.29 is 17.6 Å². The third-order valence-electron chi connectivity index (χ3n) is 5.03. The Labute approximate surface area is 160 Å². The minimum atomic E-state index is -4.58. The highest BCUT2D eigenvalue weighted by atomic mass is 19.4. The molecular weight excluding hydrogens is 378 g/mol. The summed E-state index contributed by atoms with van der Waals surface area (Å²) in [5.41, 5.74) is 5.58. The highest BCUT2D eigenvalue weighted by Crippen LogP contribution is 2.32. The molecule has 1 saturated heterocycles. The molecule has 3 atom stereocenters. The number of alkyl halides is 4. The van der Waals surface area contributed by atoms with E-state index in [2.05, 4.69) is 32.5 Å². The van der Waals surface area contributed by atoms with Crippen LogP contribution < -0.4 is 16.4 Å². The van der Waals surface area contributed by atoms with Crippen LogP contribution in [0.25, 0.3) is 0 Å². The number of hydrogen-bond acceptors (Lipinski definition) is 6. The SMILES string of the molecule is CCCN1CC[C@@H](n2cc(C3(N)N=C(NC)C(C(F)(F)F)=CN3)cn2)[C@H](F)C1. The number of likely N-dealkylation sites (tertiary alicyclic amines) is 1. The first-order valence-electron chi connectivity index (χ1n) is 9.21. The first-order valence-corrected chi connectivity index (χ1v) is 9.21. The number of halogens is 4. The van der Waals surface area contributed by atoms with E-state index in [9.17, 15) is 17.6 Å². The molecule has 2 aliphatic heterocycles. The van der Waals surface area contributed by atoms with Gasteiger partial charge in [0.25, 0.3) is 0 Å². The monoisotopic (exact) mass is 403 g/mol. The second kappa shape index (κ2) is 7.70. The van der Waals surface area contributed by atoms with Crippen LogP contribution in [0.2, 0.25) is 0 Å². The Hall–Kier alpha value is -2.14. The predicted molar refractivity (Wildman–Crippen MR) is 97.1 cm³/mol. The average molecular weight is 403 g/mol. The van der Waals surface area contributed by atoms with Gasteiger partial charge in [-0.2, -0.15) is 18.3 Å². The summed E-state index contributed by atoms with van der Waals surface area (Å²) in [6, 6.07) is -0.442. The second-order valence-corrected chi connectivity index (χ2v) is 7.06. The fraction of sp³-hybridized carbons (Fsp3) is 0.647. The summed E-state index contributed by atoms with van der Waals surface area (Å²) < 4.78 is 55.4. The van der Waals surface area contributed by atoms with Crippen LogP contribution in [0.1, 0.15) is 31.4 Å². The lowest BCUT2D eigenvalue weighted by Gasteiger charge is -2.34. The Morgan fingerprint density at radius 2 is 2.18 bits per heavy atom. The van der Waals surface area contributed by atoms with Crippen LogP contribution in [0.3, 0.4) is 0 Å². The molecule has 7 nitrogen and oxygen atoms in total. The zero-order chi connectivity index (χ0) is 20.5. The van der Waals surface area contributed by atoms with Gasteiger partial charge in [0.15, 0.2) is 0 Å². The lowest BCUT2D eigenvalue weighted by molar-refractivity contribution is -0.0872. The van der Waals surface area contributed by atoms with Gasteiger partial charge in [-0.05, 0) is 19.4 Å². The third-order valence-corrected chi connectivity index (χ3v) is 5.03. The highest BCUT2D eigenvalue weighted by molar-refractivity contribution is 6.00. The van der Waals surface area contributed by atoms with Crippen molar-refractivity contribution >= 4 is 5.84 Å². The van der Waals surface area contributed by atoms with E-state index >= 15 is 0 Å². The summed E-state index contributed by atoms with van der Waals surface area (Å²) in [5, 5.41) is 9.13. The molecule has 0 spiro atoms. The largest absolute Gasteiger partial charge is 0.421 e. The van der Waals surface area contributed by atoms with Crippen molar-refractivity contribution in [1.82, 2.24) is 25.3 Å². The summed E-state index contributed by atoms with van der Waals surface area (Å²) in [7, 11) is 1.34. The van der Waals surface area contributed by atoms with Gasteiger partial charge in [0.05, 0.1) is 17.8 Å². The van der Waals surface area contributed by atoms with Crippen LogP contribution in [0.5, 0.6) is 0 Å². The molecule has 0 aromatic carbocycles. The van der Waals surface area contributed by atoms with Crippen LogP contribution in [-0.4, -0.2) is 59.5 Å². The molecule has 11 heteroatoms. The van der Waals surface area contributed by atoms with Crippen LogP contribution in [-0.2, 0) is 5.79 Å². The Morgan fingerprint density at radius 1 is 1.43 bits per heavy atom. The highest BCUT2D eigenvalue weighted by Gasteiger charge is 2.42. The molecule has 1 aromatic heterocycles. The molecule has 1 aromatic rings. The molecule has 0 aliphatic carbocycles. The van der Waals surface area contributed by atoms with Crippen molar-refractivity contribution in [2.75, 3.05) is 26.7 Å². The van der Waals surface area contributed by atoms with E-state index in [1.54, 1.807) is 6.20 Å². The van der Waals surface area contributed by atoms with E-state index in [1.165, 1.54) is 17.9 Å². The fourth-order valence-electron chi connectivity index (χ4n) is 3.56. The molecule has 0 bridgehead atoms. The van der Waals surface area contributed by atoms with Gasteiger partial charge in [0, 0.05) is 32.5 Å². The maximum absolute atomic E-state index is 14.6. The van der Waals surface area contributed by atoms with Gasteiger partial charge < -0.3 is 15.5 Å². The zero-order valence-corrected chi connectivity index (χ0v) is 15.8. The zero-order valence-electron chi connectivity index (χ0n) is 15.8. The normalized spacial score (nSPS) is 29.1. The van der Waals surface area contributed by atoms with Gasteiger partial charge in [-0.15, -0.1) is 0 Å². The lowest BCUT2D eigenvalue weighted by atomic mass is 10.0. The van der Waals surface area contributed by atoms with Crippen LogP contribution in [0, 0.1) is 0 Å². The minimum absolute atomic E-state index is 0.333. The molecular formula is C17H25F4N7. The third kappa shape index (κ3) is 4.00. The Kier molecular flexibility index (Phi) is 5.67. The fourth-order valence-corrected chi connectivity index (χ4v) is 3.56. The number of nitrogens with zero attached hydrogens (tertiary/aromatic N) is 4. The molecule has 2 aliphatic rings. The topological polar surface area (TPSA) is 83.5 Å². The van der Waals surface area contributed by atoms with Crippen molar-refractivity contribution in [1.29, 1.82) is 0 Å². The number of piperidine rings is 1. The number of aromatic nitrogens is 2. The van der Waals surface area contributed by atoms with Gasteiger partial charge in [-0.3, -0.25) is 10.4 Å². The maximum atomic E-state index is 14.6. The standard InChI is InChI=1S/C17H25F4N7/c1-3-5-27-6-4-14(13(18)10-27)28-9-11(7-25-28)17(22)24-8-12(16(19,20)21)15(23-2)26-17/h7-9,13-14,24H,3-6,10,22H2,1-2H3,(H,23,26)/t13-,14-,17?/m1/s1. The summed E-state index contributed by atoms with van der Waals surface area (Å²) in [4.78, 5) is 6.07. The average Bonchev–Trinajstić information content (AvgIpc) is 3.11. The Morgan fingerprint density at radius 3 is 2.79 bits per heavy atom. The van der Waals surface area contributed by atoms with Gasteiger partial charge in [0.2, 0.25) is 5.79 Å². The van der Waals surface area contributed by atoms with Gasteiger partial charge >= 0.3 is 6.18 Å². The van der Waals surface area contributed by atoms with Crippen molar-refractivity contribution in [3.63, 3.8) is 0 Å². The van der Waals surface area contributed by atoms with Gasteiger partial charge in [-0.1, -0.05) is 6.92 Å². The molecule has 28 heavy (non-hydrogen) atoms. The van der Waals surface area contributed by atoms with E-state index in [0.29, 0.717) is 18.5 Å². The molecule has 3 heterocycles. The van der Waals surface area contributed by atoms with Crippen LogP contribution in [0.4, 0.5) is 17.6 Å². The number of hydrogen-bond donors (Lipinski definition) is 3. The van der Waals surface area contributed by atoms with E-state index < -0.39 is 29.7 Å². The number of likely N-dealkylation sites (N-methyl/N-ethyl adjacent to an activating group) is 1. The van der Waals surface area contributed by atoms with Crippen molar-refractivity contribution in [3.8, 4) is 0 Å². The van der Waals surface area contributed by atoms with E-state index in [-0.39, 0.29) is 5.84 Å². The summed E-state index contributed by atoms with van der Waals surface area (Å²) in [6.07, 6.45) is -0.370. The minimum Gasteiger partial charge on any atom is -0.373 e. The van der Waals surface area contributed by atoms with E-state index in [1.807, 2.05) is 0 Å². The molecule has 1 fully saturated rings. The Balaban J connectivity index is 1.79. The van der Waals surface area contributed by atoms with Crippen molar-refractivity contribution in [3.05, 3.63) is 29.7 Å². The molecule has 0 amide bonds. The first kappa shape index (κ1) is 20.6. The number of rotatable bonds is 4. The second-order valence-electron chi connectivity index (χ2n) is 7.06. The summed E-state index contributed by atoms with van der Waals surface area (Å²) in [5.74, 6) is -2.00. The maximum Gasteiger partial charge on any atom is 0.421 e. The van der Waals surface area contributed by atoms with Crippen LogP contribution in [0.15, 0.2) is 29.2 Å². The van der Waals surface area contributed by atoms with E-state index in [0.717, 1.165) is 25.7 Å². The molecule has 0 saturated carbocycles. The number of amidine groups is 1. The summed E-state index contributed by atoms with van der Waals surface area (Å²) in [6.45, 7) is 4.00. The summed E-state index contributed by atoms with van der Waals surface area (Å²) >= 11 is 0. The molecule has 4 N–H and O–H groups in total. The Bertz CT molecular complexity index is 757.